The molecule has 0 saturated heterocycles. The van der Waals surface area contributed by atoms with Crippen molar-refractivity contribution in [1.82, 2.24) is 20.2 Å². The number of hydrogen-bond donors (Lipinski definition) is 2. The molecule has 152 valence electrons. The van der Waals surface area contributed by atoms with Crippen molar-refractivity contribution in [2.24, 2.45) is 0 Å². The van der Waals surface area contributed by atoms with Gasteiger partial charge in [-0.3, -0.25) is 19.3 Å². The number of anilines is 2. The Morgan fingerprint density at radius 3 is 2.31 bits per heavy atom. The minimum absolute atomic E-state index is 0.312. The zero-order valence-corrected chi connectivity index (χ0v) is 16.9. The van der Waals surface area contributed by atoms with Gasteiger partial charge in [0.2, 0.25) is 5.91 Å². The van der Waals surface area contributed by atoms with Crippen LogP contribution in [-0.2, 0) is 4.79 Å². The third-order valence-corrected chi connectivity index (χ3v) is 4.61. The van der Waals surface area contributed by atoms with Gasteiger partial charge in [-0.15, -0.1) is 0 Å². The second-order valence-corrected chi connectivity index (χ2v) is 6.97. The van der Waals surface area contributed by atoms with Crippen LogP contribution in [0.2, 0.25) is 0 Å². The Bertz CT molecular complexity index is 924. The maximum absolute atomic E-state index is 12.5. The standard InChI is InChI=1S/C20H24N6O3/c1-12(26-19(28)14-7-5-6-8-15(14)20(26)29)18(27)22-10-9-21-16-11-17(25(3)4)24-13(2)23-16/h5-8,11-12H,9-10H2,1-4H3,(H,22,27)(H,21,23,24). The minimum Gasteiger partial charge on any atom is -0.368 e. The number of aromatic nitrogens is 2. The monoisotopic (exact) mass is 396 g/mol. The smallest absolute Gasteiger partial charge is 0.262 e. The predicted molar refractivity (Wildman–Crippen MR) is 109 cm³/mol. The van der Waals surface area contributed by atoms with Gasteiger partial charge in [-0.2, -0.15) is 0 Å². The molecule has 9 nitrogen and oxygen atoms in total. The summed E-state index contributed by atoms with van der Waals surface area (Å²) >= 11 is 0. The van der Waals surface area contributed by atoms with E-state index in [9.17, 15) is 14.4 Å². The SMILES string of the molecule is Cc1nc(NCCNC(=O)C(C)N2C(=O)c3ccccc3C2=O)cc(N(C)C)n1. The van der Waals surface area contributed by atoms with Crippen LogP contribution in [0.4, 0.5) is 11.6 Å². The minimum atomic E-state index is -0.899. The van der Waals surface area contributed by atoms with Crippen LogP contribution in [0, 0.1) is 6.92 Å². The maximum Gasteiger partial charge on any atom is 0.262 e. The Balaban J connectivity index is 1.54. The van der Waals surface area contributed by atoms with Crippen molar-refractivity contribution in [3.63, 3.8) is 0 Å². The van der Waals surface area contributed by atoms with E-state index in [-0.39, 0.29) is 0 Å². The first-order valence-electron chi connectivity index (χ1n) is 9.31. The molecule has 0 bridgehead atoms. The van der Waals surface area contributed by atoms with Gasteiger partial charge in [0.1, 0.15) is 23.5 Å². The van der Waals surface area contributed by atoms with E-state index in [1.54, 1.807) is 31.2 Å². The van der Waals surface area contributed by atoms with E-state index >= 15 is 0 Å². The lowest BCUT2D eigenvalue weighted by molar-refractivity contribution is -0.124. The summed E-state index contributed by atoms with van der Waals surface area (Å²) in [5.41, 5.74) is 0.657. The lowest BCUT2D eigenvalue weighted by Crippen LogP contribution is -2.48. The molecule has 2 N–H and O–H groups in total. The highest BCUT2D eigenvalue weighted by atomic mass is 16.2. The molecule has 1 atom stereocenters. The Morgan fingerprint density at radius 1 is 1.10 bits per heavy atom. The van der Waals surface area contributed by atoms with Crippen molar-refractivity contribution in [3.8, 4) is 0 Å². The third kappa shape index (κ3) is 4.18. The molecule has 1 aliphatic heterocycles. The number of carbonyl (C=O) groups is 3. The molecule has 29 heavy (non-hydrogen) atoms. The van der Waals surface area contributed by atoms with E-state index in [4.69, 9.17) is 0 Å². The quantitative estimate of drug-likeness (QED) is 0.532. The maximum atomic E-state index is 12.5. The van der Waals surface area contributed by atoms with Gasteiger partial charge in [-0.25, -0.2) is 9.97 Å². The number of carbonyl (C=O) groups excluding carboxylic acids is 3. The summed E-state index contributed by atoms with van der Waals surface area (Å²) in [5.74, 6) is 0.793. The summed E-state index contributed by atoms with van der Waals surface area (Å²) in [6.07, 6.45) is 0. The molecule has 0 radical (unpaired) electrons. The zero-order valence-electron chi connectivity index (χ0n) is 16.9. The largest absolute Gasteiger partial charge is 0.368 e. The molecule has 0 spiro atoms. The van der Waals surface area contributed by atoms with Crippen LogP contribution in [0.3, 0.4) is 0 Å². The molecular weight excluding hydrogens is 372 g/mol. The number of rotatable bonds is 7. The van der Waals surface area contributed by atoms with Crippen molar-refractivity contribution in [1.29, 1.82) is 0 Å². The molecule has 0 fully saturated rings. The summed E-state index contributed by atoms with van der Waals surface area (Å²) in [4.78, 5) is 49.0. The van der Waals surface area contributed by atoms with Crippen LogP contribution in [0.5, 0.6) is 0 Å². The Morgan fingerprint density at radius 2 is 1.72 bits per heavy atom. The van der Waals surface area contributed by atoms with Gasteiger partial charge in [-0.05, 0) is 26.0 Å². The molecule has 0 saturated carbocycles. The van der Waals surface area contributed by atoms with Gasteiger partial charge in [0.25, 0.3) is 11.8 Å². The second-order valence-electron chi connectivity index (χ2n) is 6.97. The number of imide groups is 1. The lowest BCUT2D eigenvalue weighted by Gasteiger charge is -2.21. The van der Waals surface area contributed by atoms with E-state index in [0.717, 1.165) is 10.7 Å². The average molecular weight is 396 g/mol. The number of benzene rings is 1. The highest BCUT2D eigenvalue weighted by Gasteiger charge is 2.40. The van der Waals surface area contributed by atoms with Crippen LogP contribution < -0.4 is 15.5 Å². The van der Waals surface area contributed by atoms with Gasteiger partial charge in [-0.1, -0.05) is 12.1 Å². The van der Waals surface area contributed by atoms with Crippen molar-refractivity contribution in [2.75, 3.05) is 37.4 Å². The first kappa shape index (κ1) is 20.2. The van der Waals surface area contributed by atoms with E-state index < -0.39 is 23.8 Å². The van der Waals surface area contributed by atoms with Gasteiger partial charge in [0.05, 0.1) is 11.1 Å². The van der Waals surface area contributed by atoms with Crippen molar-refractivity contribution in [2.45, 2.75) is 19.9 Å². The van der Waals surface area contributed by atoms with Crippen molar-refractivity contribution < 1.29 is 14.4 Å². The number of nitrogens with zero attached hydrogens (tertiary/aromatic N) is 4. The number of aryl methyl sites for hydroxylation is 1. The molecule has 1 aromatic heterocycles. The van der Waals surface area contributed by atoms with Crippen molar-refractivity contribution >= 4 is 29.4 Å². The molecular formula is C20H24N6O3. The molecule has 2 aromatic rings. The van der Waals surface area contributed by atoms with Gasteiger partial charge >= 0.3 is 0 Å². The van der Waals surface area contributed by atoms with Gasteiger partial charge in [0, 0.05) is 33.3 Å². The van der Waals surface area contributed by atoms with E-state index in [1.165, 1.54) is 0 Å². The van der Waals surface area contributed by atoms with E-state index in [1.807, 2.05) is 32.0 Å². The van der Waals surface area contributed by atoms with E-state index in [0.29, 0.717) is 35.9 Å². The Kier molecular flexibility index (Phi) is 5.76. The third-order valence-electron chi connectivity index (χ3n) is 4.61. The van der Waals surface area contributed by atoms with Crippen molar-refractivity contribution in [3.05, 3.63) is 47.3 Å². The molecule has 3 rings (SSSR count). The highest BCUT2D eigenvalue weighted by Crippen LogP contribution is 2.24. The molecule has 3 amide bonds. The number of hydrogen-bond acceptors (Lipinski definition) is 7. The van der Waals surface area contributed by atoms with Crippen LogP contribution in [0.15, 0.2) is 30.3 Å². The Hall–Kier alpha value is -3.49. The summed E-state index contributed by atoms with van der Waals surface area (Å²) in [7, 11) is 3.79. The summed E-state index contributed by atoms with van der Waals surface area (Å²) in [6, 6.07) is 7.49. The fourth-order valence-electron chi connectivity index (χ4n) is 3.07. The number of fused-ring (bicyclic) bond motifs is 1. The first-order chi connectivity index (χ1) is 13.8. The summed E-state index contributed by atoms with van der Waals surface area (Å²) in [6.45, 7) is 4.10. The number of nitrogens with one attached hydrogen (secondary N) is 2. The fourth-order valence-corrected chi connectivity index (χ4v) is 3.07. The second kappa shape index (κ2) is 8.26. The average Bonchev–Trinajstić information content (AvgIpc) is 2.95. The van der Waals surface area contributed by atoms with Crippen LogP contribution in [0.1, 0.15) is 33.5 Å². The normalized spacial score (nSPS) is 13.9. The molecule has 2 heterocycles. The van der Waals surface area contributed by atoms with Gasteiger partial charge in [0.15, 0.2) is 0 Å². The summed E-state index contributed by atoms with van der Waals surface area (Å²) in [5, 5.41) is 5.88. The predicted octanol–water partition coefficient (Wildman–Crippen LogP) is 1.06. The van der Waals surface area contributed by atoms with Crippen LogP contribution in [0.25, 0.3) is 0 Å². The number of amides is 3. The summed E-state index contributed by atoms with van der Waals surface area (Å²) < 4.78 is 0. The topological polar surface area (TPSA) is 108 Å². The Labute approximate surface area is 169 Å². The first-order valence-corrected chi connectivity index (χ1v) is 9.31. The van der Waals surface area contributed by atoms with Gasteiger partial charge < -0.3 is 15.5 Å². The highest BCUT2D eigenvalue weighted by molar-refractivity contribution is 6.22. The lowest BCUT2D eigenvalue weighted by atomic mass is 10.1. The zero-order chi connectivity index (χ0) is 21.1. The molecule has 1 unspecified atom stereocenters. The van der Waals surface area contributed by atoms with Crippen LogP contribution in [-0.4, -0.2) is 65.8 Å². The van der Waals surface area contributed by atoms with Crippen LogP contribution >= 0.6 is 0 Å². The molecule has 0 aliphatic carbocycles. The molecule has 1 aromatic carbocycles. The molecule has 1 aliphatic rings. The van der Waals surface area contributed by atoms with E-state index in [2.05, 4.69) is 20.6 Å². The molecule has 9 heteroatoms. The fraction of sp³-hybridized carbons (Fsp3) is 0.350.